The molecule has 0 amide bonds. The van der Waals surface area contributed by atoms with Gasteiger partial charge in [0.25, 0.3) is 0 Å². The molecule has 0 bridgehead atoms. The predicted octanol–water partition coefficient (Wildman–Crippen LogP) is -0.0560. The van der Waals surface area contributed by atoms with Crippen molar-refractivity contribution in [2.24, 2.45) is 0 Å². The Hall–Kier alpha value is -1.10. The van der Waals surface area contributed by atoms with Crippen molar-refractivity contribution >= 4 is 5.69 Å². The molecule has 0 saturated carbocycles. The van der Waals surface area contributed by atoms with Crippen molar-refractivity contribution in [3.05, 3.63) is 29.8 Å². The number of rotatable bonds is 5. The summed E-state index contributed by atoms with van der Waals surface area (Å²) in [6, 6.07) is 7.29. The van der Waals surface area contributed by atoms with Gasteiger partial charge in [0.1, 0.15) is 0 Å². The second-order valence-electron chi connectivity index (χ2n) is 3.03. The van der Waals surface area contributed by atoms with Crippen molar-refractivity contribution in [2.75, 3.05) is 18.5 Å². The Morgan fingerprint density at radius 3 is 2.57 bits per heavy atom. The molecule has 1 rings (SSSR count). The number of aliphatic hydroxyl groups is 3. The van der Waals surface area contributed by atoms with Crippen LogP contribution in [0.1, 0.15) is 5.56 Å². The van der Waals surface area contributed by atoms with E-state index in [2.05, 4.69) is 5.32 Å². The Morgan fingerprint density at radius 1 is 1.21 bits per heavy atom. The summed E-state index contributed by atoms with van der Waals surface area (Å²) in [5, 5.41) is 29.6. The number of para-hydroxylation sites is 1. The molecule has 0 aliphatic heterocycles. The number of aliphatic hydroxyl groups excluding tert-OH is 3. The van der Waals surface area contributed by atoms with Crippen LogP contribution in [0.4, 0.5) is 5.69 Å². The zero-order valence-electron chi connectivity index (χ0n) is 7.85. The lowest BCUT2D eigenvalue weighted by molar-refractivity contribution is 0.105. The summed E-state index contributed by atoms with van der Waals surface area (Å²) >= 11 is 0. The molecule has 1 unspecified atom stereocenters. The summed E-state index contributed by atoms with van der Waals surface area (Å²) in [7, 11) is 0. The maximum Gasteiger partial charge on any atom is 0.0942 e. The highest BCUT2D eigenvalue weighted by Crippen LogP contribution is 2.14. The molecule has 0 spiro atoms. The highest BCUT2D eigenvalue weighted by Gasteiger charge is 2.03. The molecule has 14 heavy (non-hydrogen) atoms. The van der Waals surface area contributed by atoms with Crippen LogP contribution in [0.5, 0.6) is 0 Å². The monoisotopic (exact) mass is 197 g/mol. The van der Waals surface area contributed by atoms with Crippen LogP contribution in [0.25, 0.3) is 0 Å². The first kappa shape index (κ1) is 11.0. The third kappa shape index (κ3) is 2.99. The van der Waals surface area contributed by atoms with E-state index in [9.17, 15) is 0 Å². The Bertz CT molecular complexity index is 278. The minimum atomic E-state index is -0.776. The SMILES string of the molecule is OCc1ccccc1NCC(O)CO. The Labute approximate surface area is 82.8 Å². The van der Waals surface area contributed by atoms with E-state index in [-0.39, 0.29) is 19.8 Å². The fraction of sp³-hybridized carbons (Fsp3) is 0.400. The van der Waals surface area contributed by atoms with E-state index in [1.54, 1.807) is 6.07 Å². The molecule has 0 fully saturated rings. The van der Waals surface area contributed by atoms with Gasteiger partial charge < -0.3 is 20.6 Å². The van der Waals surface area contributed by atoms with Crippen molar-refractivity contribution in [1.82, 2.24) is 0 Å². The van der Waals surface area contributed by atoms with Gasteiger partial charge in [0, 0.05) is 17.8 Å². The second kappa shape index (κ2) is 5.59. The molecule has 4 nitrogen and oxygen atoms in total. The number of benzene rings is 1. The van der Waals surface area contributed by atoms with Gasteiger partial charge >= 0.3 is 0 Å². The van der Waals surface area contributed by atoms with Gasteiger partial charge in [-0.05, 0) is 6.07 Å². The van der Waals surface area contributed by atoms with Crippen LogP contribution < -0.4 is 5.32 Å². The molecule has 1 atom stereocenters. The summed E-state index contributed by atoms with van der Waals surface area (Å²) in [5.41, 5.74) is 1.56. The van der Waals surface area contributed by atoms with Crippen LogP contribution >= 0.6 is 0 Å². The van der Waals surface area contributed by atoms with Crippen LogP contribution in [0.3, 0.4) is 0 Å². The van der Waals surface area contributed by atoms with Gasteiger partial charge in [0.05, 0.1) is 19.3 Å². The van der Waals surface area contributed by atoms with Crippen LogP contribution in [0, 0.1) is 0 Å². The molecule has 4 heteroatoms. The minimum Gasteiger partial charge on any atom is -0.394 e. The molecule has 0 aliphatic rings. The molecule has 0 saturated heterocycles. The quantitative estimate of drug-likeness (QED) is 0.534. The molecule has 78 valence electrons. The highest BCUT2D eigenvalue weighted by atomic mass is 16.3. The second-order valence-corrected chi connectivity index (χ2v) is 3.03. The molecule has 0 aliphatic carbocycles. The molecular weight excluding hydrogens is 182 g/mol. The topological polar surface area (TPSA) is 72.7 Å². The van der Waals surface area contributed by atoms with Crippen LogP contribution in [-0.4, -0.2) is 34.6 Å². The van der Waals surface area contributed by atoms with Crippen molar-refractivity contribution in [1.29, 1.82) is 0 Å². The van der Waals surface area contributed by atoms with Crippen molar-refractivity contribution in [2.45, 2.75) is 12.7 Å². The van der Waals surface area contributed by atoms with E-state index < -0.39 is 6.10 Å². The third-order valence-corrected chi connectivity index (χ3v) is 1.93. The van der Waals surface area contributed by atoms with Crippen LogP contribution in [0.2, 0.25) is 0 Å². The maximum absolute atomic E-state index is 9.11. The molecule has 0 heterocycles. The standard InChI is InChI=1S/C10H15NO3/c12-6-8-3-1-2-4-10(8)11-5-9(14)7-13/h1-4,9,11-14H,5-7H2. The summed E-state index contributed by atoms with van der Waals surface area (Å²) in [6.07, 6.45) is -0.776. The number of anilines is 1. The Kier molecular flexibility index (Phi) is 4.39. The third-order valence-electron chi connectivity index (χ3n) is 1.93. The average molecular weight is 197 g/mol. The summed E-state index contributed by atoms with van der Waals surface area (Å²) in [5.74, 6) is 0. The largest absolute Gasteiger partial charge is 0.394 e. The normalized spacial score (nSPS) is 12.5. The predicted molar refractivity (Wildman–Crippen MR) is 53.9 cm³/mol. The number of hydrogen-bond donors (Lipinski definition) is 4. The van der Waals surface area contributed by atoms with E-state index in [1.165, 1.54) is 0 Å². The lowest BCUT2D eigenvalue weighted by atomic mass is 10.2. The van der Waals surface area contributed by atoms with Gasteiger partial charge in [-0.2, -0.15) is 0 Å². The molecular formula is C10H15NO3. The first-order valence-corrected chi connectivity index (χ1v) is 4.49. The molecule has 0 radical (unpaired) electrons. The van der Waals surface area contributed by atoms with Gasteiger partial charge in [-0.25, -0.2) is 0 Å². The smallest absolute Gasteiger partial charge is 0.0942 e. The van der Waals surface area contributed by atoms with E-state index in [0.29, 0.717) is 0 Å². The fourth-order valence-electron chi connectivity index (χ4n) is 1.12. The van der Waals surface area contributed by atoms with Crippen molar-refractivity contribution in [3.63, 3.8) is 0 Å². The van der Waals surface area contributed by atoms with Gasteiger partial charge in [-0.1, -0.05) is 18.2 Å². The van der Waals surface area contributed by atoms with Gasteiger partial charge in [-0.3, -0.25) is 0 Å². The number of hydrogen-bond acceptors (Lipinski definition) is 4. The fourth-order valence-corrected chi connectivity index (χ4v) is 1.12. The molecule has 1 aromatic rings. The lowest BCUT2D eigenvalue weighted by Gasteiger charge is -2.12. The van der Waals surface area contributed by atoms with E-state index in [1.807, 2.05) is 18.2 Å². The zero-order chi connectivity index (χ0) is 10.4. The molecule has 0 aromatic heterocycles. The average Bonchev–Trinajstić information content (AvgIpc) is 2.26. The van der Waals surface area contributed by atoms with Crippen LogP contribution in [-0.2, 0) is 6.61 Å². The molecule has 1 aromatic carbocycles. The summed E-state index contributed by atoms with van der Waals surface area (Å²) in [6.45, 7) is -0.0415. The van der Waals surface area contributed by atoms with Crippen molar-refractivity contribution < 1.29 is 15.3 Å². The maximum atomic E-state index is 9.11. The van der Waals surface area contributed by atoms with E-state index >= 15 is 0 Å². The molecule has 4 N–H and O–H groups in total. The summed E-state index contributed by atoms with van der Waals surface area (Å²) in [4.78, 5) is 0. The minimum absolute atomic E-state index is 0.0433. The first-order chi connectivity index (χ1) is 6.77. The van der Waals surface area contributed by atoms with Gasteiger partial charge in [0.2, 0.25) is 0 Å². The zero-order valence-corrected chi connectivity index (χ0v) is 7.85. The van der Waals surface area contributed by atoms with Gasteiger partial charge in [0.15, 0.2) is 0 Å². The van der Waals surface area contributed by atoms with Crippen molar-refractivity contribution in [3.8, 4) is 0 Å². The first-order valence-electron chi connectivity index (χ1n) is 4.49. The highest BCUT2D eigenvalue weighted by molar-refractivity contribution is 5.50. The Balaban J connectivity index is 2.57. The lowest BCUT2D eigenvalue weighted by Crippen LogP contribution is -2.23. The summed E-state index contributed by atoms with van der Waals surface area (Å²) < 4.78 is 0. The number of nitrogens with one attached hydrogen (secondary N) is 1. The Morgan fingerprint density at radius 2 is 1.93 bits per heavy atom. The van der Waals surface area contributed by atoms with Crippen LogP contribution in [0.15, 0.2) is 24.3 Å². The van der Waals surface area contributed by atoms with E-state index in [0.717, 1.165) is 11.3 Å². The van der Waals surface area contributed by atoms with E-state index in [4.69, 9.17) is 15.3 Å². The van der Waals surface area contributed by atoms with Gasteiger partial charge in [-0.15, -0.1) is 0 Å².